The Morgan fingerprint density at radius 1 is 1.22 bits per heavy atom. The third-order valence-corrected chi connectivity index (χ3v) is 3.50. The Balaban J connectivity index is 2.09. The minimum atomic E-state index is -0.217. The monoisotopic (exact) mass is 244 g/mol. The molecule has 0 spiro atoms. The second-order valence-corrected chi connectivity index (χ2v) is 4.78. The van der Waals surface area contributed by atoms with Gasteiger partial charge in [0.15, 0.2) is 0 Å². The first-order valence-corrected chi connectivity index (χ1v) is 6.69. The van der Waals surface area contributed by atoms with E-state index < -0.39 is 0 Å². The molecule has 0 heterocycles. The Bertz CT molecular complexity index is 408. The molecule has 1 saturated carbocycles. The van der Waals surface area contributed by atoms with Gasteiger partial charge in [-0.25, -0.2) is 4.79 Å². The van der Waals surface area contributed by atoms with Gasteiger partial charge >= 0.3 is 5.97 Å². The fourth-order valence-corrected chi connectivity index (χ4v) is 2.64. The summed E-state index contributed by atoms with van der Waals surface area (Å²) >= 11 is 0. The summed E-state index contributed by atoms with van der Waals surface area (Å²) in [5, 5.41) is 0. The van der Waals surface area contributed by atoms with E-state index in [0.29, 0.717) is 5.92 Å². The van der Waals surface area contributed by atoms with Gasteiger partial charge in [0.1, 0.15) is 6.10 Å². The van der Waals surface area contributed by atoms with Crippen molar-refractivity contribution in [1.29, 1.82) is 0 Å². The molecule has 0 N–H and O–H groups in total. The number of ether oxygens (including phenoxy) is 1. The van der Waals surface area contributed by atoms with Crippen molar-refractivity contribution < 1.29 is 9.53 Å². The summed E-state index contributed by atoms with van der Waals surface area (Å²) in [5.74, 6) is 0.138. The Labute approximate surface area is 109 Å². The van der Waals surface area contributed by atoms with E-state index in [1.807, 2.05) is 13.0 Å². The van der Waals surface area contributed by atoms with Gasteiger partial charge in [-0.3, -0.25) is 0 Å². The Morgan fingerprint density at radius 2 is 1.94 bits per heavy atom. The Morgan fingerprint density at radius 3 is 2.67 bits per heavy atom. The molecule has 0 radical (unpaired) electrons. The fourth-order valence-electron chi connectivity index (χ4n) is 2.64. The van der Waals surface area contributed by atoms with Crippen molar-refractivity contribution in [2.75, 3.05) is 0 Å². The molecule has 0 amide bonds. The van der Waals surface area contributed by atoms with Gasteiger partial charge in [0.05, 0.1) is 0 Å². The van der Waals surface area contributed by atoms with Crippen molar-refractivity contribution in [2.24, 2.45) is 0 Å². The van der Waals surface area contributed by atoms with E-state index in [1.165, 1.54) is 18.1 Å². The summed E-state index contributed by atoms with van der Waals surface area (Å²) in [6.07, 6.45) is 7.71. The quantitative estimate of drug-likeness (QED) is 0.596. The van der Waals surface area contributed by atoms with Gasteiger partial charge < -0.3 is 4.74 Å². The van der Waals surface area contributed by atoms with E-state index >= 15 is 0 Å². The smallest absolute Gasteiger partial charge is 0.330 e. The fraction of sp³-hybridized carbons (Fsp3) is 0.438. The molecule has 0 unspecified atom stereocenters. The second kappa shape index (κ2) is 6.39. The molecule has 18 heavy (non-hydrogen) atoms. The van der Waals surface area contributed by atoms with Crippen LogP contribution in [0.1, 0.15) is 44.1 Å². The van der Waals surface area contributed by atoms with Gasteiger partial charge in [-0.1, -0.05) is 42.8 Å². The molecule has 1 aliphatic carbocycles. The highest BCUT2D eigenvalue weighted by Gasteiger charge is 2.28. The number of hydrogen-bond donors (Lipinski definition) is 0. The van der Waals surface area contributed by atoms with Crippen molar-refractivity contribution >= 4 is 5.97 Å². The Hall–Kier alpha value is -1.57. The average Bonchev–Trinajstić information content (AvgIpc) is 2.40. The standard InChI is InChI=1S/C16H20O2/c1-2-8-16(17)18-15-12-7-6-11-14(15)13-9-4-3-5-10-13/h2-5,8-10,14-15H,6-7,11-12H2,1H3/b8-2+/t14-,15+/m0/s1. The predicted molar refractivity (Wildman–Crippen MR) is 72.3 cm³/mol. The molecule has 0 aliphatic heterocycles. The zero-order valence-electron chi connectivity index (χ0n) is 10.8. The predicted octanol–water partition coefficient (Wildman–Crippen LogP) is 3.83. The highest BCUT2D eigenvalue weighted by atomic mass is 16.5. The molecule has 0 saturated heterocycles. The summed E-state index contributed by atoms with van der Waals surface area (Å²) in [6.45, 7) is 1.83. The first-order valence-electron chi connectivity index (χ1n) is 6.69. The van der Waals surface area contributed by atoms with Crippen LogP contribution >= 0.6 is 0 Å². The summed E-state index contributed by atoms with van der Waals surface area (Å²) in [5.41, 5.74) is 1.29. The molecule has 96 valence electrons. The van der Waals surface area contributed by atoms with Gasteiger partial charge in [-0.15, -0.1) is 0 Å². The zero-order chi connectivity index (χ0) is 12.8. The summed E-state index contributed by atoms with van der Waals surface area (Å²) in [7, 11) is 0. The van der Waals surface area contributed by atoms with Crippen molar-refractivity contribution in [3.8, 4) is 0 Å². The maximum Gasteiger partial charge on any atom is 0.330 e. The lowest BCUT2D eigenvalue weighted by Gasteiger charge is -2.31. The van der Waals surface area contributed by atoms with E-state index in [9.17, 15) is 4.79 Å². The van der Waals surface area contributed by atoms with E-state index in [-0.39, 0.29) is 12.1 Å². The molecule has 1 aliphatic rings. The van der Waals surface area contributed by atoms with Crippen LogP contribution in [0.5, 0.6) is 0 Å². The van der Waals surface area contributed by atoms with Crippen molar-refractivity contribution in [2.45, 2.75) is 44.6 Å². The van der Waals surface area contributed by atoms with Gasteiger partial charge in [-0.05, 0) is 31.7 Å². The van der Waals surface area contributed by atoms with Gasteiger partial charge in [0, 0.05) is 12.0 Å². The van der Waals surface area contributed by atoms with Crippen LogP contribution in [0.3, 0.4) is 0 Å². The SMILES string of the molecule is C/C=C/C(=O)O[C@@H]1CCCC[C@H]1c1ccccc1. The van der Waals surface area contributed by atoms with Crippen LogP contribution in [0, 0.1) is 0 Å². The topological polar surface area (TPSA) is 26.3 Å². The minimum absolute atomic E-state index is 0.0323. The molecule has 1 fully saturated rings. The first-order chi connectivity index (χ1) is 8.81. The number of esters is 1. The first kappa shape index (κ1) is 12.9. The second-order valence-electron chi connectivity index (χ2n) is 4.78. The van der Waals surface area contributed by atoms with Crippen molar-refractivity contribution in [3.63, 3.8) is 0 Å². The van der Waals surface area contributed by atoms with Crippen LogP contribution in [-0.4, -0.2) is 12.1 Å². The van der Waals surface area contributed by atoms with Crippen LogP contribution in [-0.2, 0) is 9.53 Å². The number of allylic oxidation sites excluding steroid dienone is 1. The highest BCUT2D eigenvalue weighted by Crippen LogP contribution is 2.34. The third-order valence-electron chi connectivity index (χ3n) is 3.50. The third kappa shape index (κ3) is 3.22. The van der Waals surface area contributed by atoms with E-state index in [2.05, 4.69) is 24.3 Å². The molecule has 2 atom stereocenters. The average molecular weight is 244 g/mol. The number of hydrogen-bond acceptors (Lipinski definition) is 2. The number of benzene rings is 1. The lowest BCUT2D eigenvalue weighted by Crippen LogP contribution is -2.28. The lowest BCUT2D eigenvalue weighted by atomic mass is 9.81. The number of carbonyl (C=O) groups excluding carboxylic acids is 1. The molecular weight excluding hydrogens is 224 g/mol. The molecular formula is C16H20O2. The van der Waals surface area contributed by atoms with E-state index in [1.54, 1.807) is 6.08 Å². The summed E-state index contributed by atoms with van der Waals surface area (Å²) in [4.78, 5) is 11.6. The lowest BCUT2D eigenvalue weighted by molar-refractivity contribution is -0.145. The van der Waals surface area contributed by atoms with Gasteiger partial charge in [0.25, 0.3) is 0 Å². The summed E-state index contributed by atoms with van der Waals surface area (Å²) in [6, 6.07) is 10.4. The largest absolute Gasteiger partial charge is 0.459 e. The maximum atomic E-state index is 11.6. The molecule has 2 rings (SSSR count). The normalized spacial score (nSPS) is 24.1. The van der Waals surface area contributed by atoms with E-state index in [4.69, 9.17) is 4.74 Å². The number of rotatable bonds is 3. The molecule has 2 heteroatoms. The number of carbonyl (C=O) groups is 1. The van der Waals surface area contributed by atoms with Crippen LogP contribution < -0.4 is 0 Å². The van der Waals surface area contributed by atoms with Crippen LogP contribution in [0.4, 0.5) is 0 Å². The van der Waals surface area contributed by atoms with Crippen molar-refractivity contribution in [3.05, 3.63) is 48.0 Å². The molecule has 0 bridgehead atoms. The highest BCUT2D eigenvalue weighted by molar-refractivity contribution is 5.82. The maximum absolute atomic E-state index is 11.6. The summed E-state index contributed by atoms with van der Waals surface area (Å²) < 4.78 is 5.57. The molecule has 0 aromatic heterocycles. The van der Waals surface area contributed by atoms with Gasteiger partial charge in [0.2, 0.25) is 0 Å². The molecule has 1 aromatic carbocycles. The van der Waals surface area contributed by atoms with Crippen LogP contribution in [0.25, 0.3) is 0 Å². The minimum Gasteiger partial charge on any atom is -0.459 e. The van der Waals surface area contributed by atoms with Gasteiger partial charge in [-0.2, -0.15) is 0 Å². The zero-order valence-corrected chi connectivity index (χ0v) is 10.8. The van der Waals surface area contributed by atoms with Crippen LogP contribution in [0.2, 0.25) is 0 Å². The Kier molecular flexibility index (Phi) is 4.57. The molecule has 2 nitrogen and oxygen atoms in total. The van der Waals surface area contributed by atoms with E-state index in [0.717, 1.165) is 19.3 Å². The molecule has 1 aromatic rings. The van der Waals surface area contributed by atoms with Crippen LogP contribution in [0.15, 0.2) is 42.5 Å². The van der Waals surface area contributed by atoms with Crippen molar-refractivity contribution in [1.82, 2.24) is 0 Å².